The summed E-state index contributed by atoms with van der Waals surface area (Å²) in [4.78, 5) is 10.8. The minimum Gasteiger partial charge on any atom is -0.481 e. The highest BCUT2D eigenvalue weighted by molar-refractivity contribution is 6.30. The molecule has 1 rings (SSSR count). The third-order valence-electron chi connectivity index (χ3n) is 2.12. The van der Waals surface area contributed by atoms with Crippen molar-refractivity contribution in [2.75, 3.05) is 0 Å². The van der Waals surface area contributed by atoms with Crippen molar-refractivity contribution in [2.24, 2.45) is 0 Å². The Labute approximate surface area is 86.9 Å². The van der Waals surface area contributed by atoms with Gasteiger partial charge in [0.1, 0.15) is 0 Å². The van der Waals surface area contributed by atoms with Crippen molar-refractivity contribution in [1.29, 1.82) is 0 Å². The molecule has 0 amide bonds. The third kappa shape index (κ3) is 2.25. The minimum atomic E-state index is -0.929. The fourth-order valence-electron chi connectivity index (χ4n) is 1.25. The Kier molecular flexibility index (Phi) is 3.49. The number of carboxylic acid groups (broad SMARTS) is 1. The summed E-state index contributed by atoms with van der Waals surface area (Å²) in [7, 11) is 0. The predicted octanol–water partition coefficient (Wildman–Crippen LogP) is 2.02. The van der Waals surface area contributed by atoms with Gasteiger partial charge in [0.2, 0.25) is 0 Å². The van der Waals surface area contributed by atoms with Crippen LogP contribution in [0.25, 0.3) is 0 Å². The maximum atomic E-state index is 10.8. The molecule has 0 saturated carbocycles. The molecule has 0 fully saturated rings. The predicted molar refractivity (Wildman–Crippen MR) is 53.4 cm³/mol. The first-order valence-electron chi connectivity index (χ1n) is 4.18. The van der Waals surface area contributed by atoms with Gasteiger partial charge in [-0.25, -0.2) is 0 Å². The fraction of sp³-hybridized carbons (Fsp3) is 0.300. The molecular weight excluding hydrogens is 204 g/mol. The van der Waals surface area contributed by atoms with Crippen molar-refractivity contribution in [1.82, 2.24) is 0 Å². The molecule has 14 heavy (non-hydrogen) atoms. The Hall–Kier alpha value is -1.06. The summed E-state index contributed by atoms with van der Waals surface area (Å²) in [6, 6.07) is 4.84. The number of benzene rings is 1. The molecule has 0 saturated heterocycles. The molecule has 0 aromatic heterocycles. The molecule has 1 aromatic carbocycles. The lowest BCUT2D eigenvalue weighted by molar-refractivity contribution is -0.138. The van der Waals surface area contributed by atoms with E-state index in [0.29, 0.717) is 16.1 Å². The lowest BCUT2D eigenvalue weighted by Gasteiger charge is -2.11. The zero-order chi connectivity index (χ0) is 10.7. The van der Waals surface area contributed by atoms with Crippen LogP contribution in [0, 0.1) is 0 Å². The van der Waals surface area contributed by atoms with Crippen LogP contribution >= 0.6 is 11.6 Å². The Morgan fingerprint density at radius 1 is 1.57 bits per heavy atom. The standard InChI is InChI=1S/C10H11ClO3/c1-6(10(13)14)9-4-8(11)3-2-7(9)5-12/h2-4,6,12H,5H2,1H3,(H,13,14). The van der Waals surface area contributed by atoms with Crippen molar-refractivity contribution < 1.29 is 15.0 Å². The molecule has 1 atom stereocenters. The van der Waals surface area contributed by atoms with Crippen molar-refractivity contribution in [2.45, 2.75) is 19.4 Å². The lowest BCUT2D eigenvalue weighted by Crippen LogP contribution is -2.10. The number of carboxylic acids is 1. The van der Waals surface area contributed by atoms with Gasteiger partial charge in [-0.05, 0) is 30.2 Å². The highest BCUT2D eigenvalue weighted by atomic mass is 35.5. The van der Waals surface area contributed by atoms with Crippen molar-refractivity contribution >= 4 is 17.6 Å². The van der Waals surface area contributed by atoms with Gasteiger partial charge in [-0.2, -0.15) is 0 Å². The monoisotopic (exact) mass is 214 g/mol. The number of aliphatic hydroxyl groups excluding tert-OH is 1. The van der Waals surface area contributed by atoms with Gasteiger partial charge in [0, 0.05) is 5.02 Å². The molecule has 0 heterocycles. The van der Waals surface area contributed by atoms with Crippen LogP contribution in [0.1, 0.15) is 24.0 Å². The summed E-state index contributed by atoms with van der Waals surface area (Å²) in [5.41, 5.74) is 1.16. The van der Waals surface area contributed by atoms with E-state index in [1.807, 2.05) is 0 Å². The smallest absolute Gasteiger partial charge is 0.310 e. The Balaban J connectivity index is 3.16. The topological polar surface area (TPSA) is 57.5 Å². The van der Waals surface area contributed by atoms with Crippen molar-refractivity contribution in [3.8, 4) is 0 Å². The molecule has 1 unspecified atom stereocenters. The van der Waals surface area contributed by atoms with E-state index < -0.39 is 11.9 Å². The van der Waals surface area contributed by atoms with E-state index in [4.69, 9.17) is 21.8 Å². The van der Waals surface area contributed by atoms with Gasteiger partial charge in [0.05, 0.1) is 12.5 Å². The quantitative estimate of drug-likeness (QED) is 0.810. The second-order valence-electron chi connectivity index (χ2n) is 3.06. The molecular formula is C10H11ClO3. The summed E-state index contributed by atoms with van der Waals surface area (Å²) in [5, 5.41) is 18.3. The maximum absolute atomic E-state index is 10.8. The number of aliphatic carboxylic acids is 1. The molecule has 0 bridgehead atoms. The van der Waals surface area contributed by atoms with Crippen LogP contribution in [0.4, 0.5) is 0 Å². The van der Waals surface area contributed by atoms with Crippen LogP contribution in [0.3, 0.4) is 0 Å². The lowest BCUT2D eigenvalue weighted by atomic mass is 9.96. The summed E-state index contributed by atoms with van der Waals surface area (Å²) in [6.45, 7) is 1.39. The maximum Gasteiger partial charge on any atom is 0.310 e. The molecule has 2 N–H and O–H groups in total. The number of hydrogen-bond acceptors (Lipinski definition) is 2. The van der Waals surface area contributed by atoms with Crippen LogP contribution in [0.5, 0.6) is 0 Å². The fourth-order valence-corrected chi connectivity index (χ4v) is 1.43. The number of halogens is 1. The van der Waals surface area contributed by atoms with Crippen LogP contribution in [0.2, 0.25) is 5.02 Å². The van der Waals surface area contributed by atoms with E-state index in [1.165, 1.54) is 0 Å². The van der Waals surface area contributed by atoms with Crippen LogP contribution in [-0.4, -0.2) is 16.2 Å². The molecule has 3 nitrogen and oxygen atoms in total. The Morgan fingerprint density at radius 2 is 2.21 bits per heavy atom. The van der Waals surface area contributed by atoms with E-state index in [-0.39, 0.29) is 6.61 Å². The van der Waals surface area contributed by atoms with Crippen molar-refractivity contribution in [3.63, 3.8) is 0 Å². The van der Waals surface area contributed by atoms with E-state index in [2.05, 4.69) is 0 Å². The molecule has 0 aliphatic heterocycles. The molecule has 76 valence electrons. The van der Waals surface area contributed by atoms with Crippen molar-refractivity contribution in [3.05, 3.63) is 34.3 Å². The molecule has 0 aliphatic rings. The number of carbonyl (C=O) groups is 1. The normalized spacial score (nSPS) is 12.5. The van der Waals surface area contributed by atoms with Crippen LogP contribution < -0.4 is 0 Å². The highest BCUT2D eigenvalue weighted by Crippen LogP contribution is 2.24. The van der Waals surface area contributed by atoms with Gasteiger partial charge in [0.15, 0.2) is 0 Å². The minimum absolute atomic E-state index is 0.176. The SMILES string of the molecule is CC(C(=O)O)c1cc(Cl)ccc1CO. The first-order chi connectivity index (χ1) is 6.56. The van der Waals surface area contributed by atoms with Crippen LogP contribution in [-0.2, 0) is 11.4 Å². The molecule has 0 radical (unpaired) electrons. The highest BCUT2D eigenvalue weighted by Gasteiger charge is 2.17. The summed E-state index contributed by atoms with van der Waals surface area (Å²) in [6.07, 6.45) is 0. The zero-order valence-electron chi connectivity index (χ0n) is 7.70. The zero-order valence-corrected chi connectivity index (χ0v) is 8.45. The van der Waals surface area contributed by atoms with Gasteiger partial charge in [-0.3, -0.25) is 4.79 Å². The van der Waals surface area contributed by atoms with Gasteiger partial charge in [0.25, 0.3) is 0 Å². The molecule has 1 aromatic rings. The first kappa shape index (κ1) is 11.0. The molecule has 0 aliphatic carbocycles. The van der Waals surface area contributed by atoms with Gasteiger partial charge in [-0.15, -0.1) is 0 Å². The van der Waals surface area contributed by atoms with E-state index >= 15 is 0 Å². The van der Waals surface area contributed by atoms with Gasteiger partial charge in [-0.1, -0.05) is 17.7 Å². The summed E-state index contributed by atoms with van der Waals surface area (Å²) >= 11 is 5.75. The van der Waals surface area contributed by atoms with E-state index in [1.54, 1.807) is 25.1 Å². The second-order valence-corrected chi connectivity index (χ2v) is 3.50. The average Bonchev–Trinajstić information content (AvgIpc) is 2.16. The molecule has 4 heteroatoms. The molecule has 0 spiro atoms. The largest absolute Gasteiger partial charge is 0.481 e. The van der Waals surface area contributed by atoms with E-state index in [9.17, 15) is 4.79 Å². The average molecular weight is 215 g/mol. The Bertz CT molecular complexity index is 349. The van der Waals surface area contributed by atoms with E-state index in [0.717, 1.165) is 0 Å². The third-order valence-corrected chi connectivity index (χ3v) is 2.35. The van der Waals surface area contributed by atoms with Gasteiger partial charge >= 0.3 is 5.97 Å². The van der Waals surface area contributed by atoms with Crippen LogP contribution in [0.15, 0.2) is 18.2 Å². The summed E-state index contributed by atoms with van der Waals surface area (Å²) < 4.78 is 0. The number of aliphatic hydroxyl groups is 1. The second kappa shape index (κ2) is 4.44. The Morgan fingerprint density at radius 3 is 2.71 bits per heavy atom. The first-order valence-corrected chi connectivity index (χ1v) is 4.56. The number of hydrogen-bond donors (Lipinski definition) is 2. The summed E-state index contributed by atoms with van der Waals surface area (Å²) in [5.74, 6) is -1.59. The number of rotatable bonds is 3. The van der Waals surface area contributed by atoms with Gasteiger partial charge < -0.3 is 10.2 Å².